The van der Waals surface area contributed by atoms with Gasteiger partial charge in [0.2, 0.25) is 0 Å². The molecule has 0 fully saturated rings. The van der Waals surface area contributed by atoms with E-state index in [0.29, 0.717) is 0 Å². The fourth-order valence-corrected chi connectivity index (χ4v) is 1.89. The molecule has 4 heteroatoms. The molecule has 96 valence electrons. The first kappa shape index (κ1) is 12.5. The van der Waals surface area contributed by atoms with Crippen molar-refractivity contribution in [2.24, 2.45) is 0 Å². The molecule has 0 atom stereocenters. The minimum absolute atomic E-state index is 0.184. The van der Waals surface area contributed by atoms with Gasteiger partial charge in [0.05, 0.1) is 5.52 Å². The van der Waals surface area contributed by atoms with Gasteiger partial charge in [-0.05, 0) is 52.0 Å². The van der Waals surface area contributed by atoms with Crippen LogP contribution < -0.4 is 0 Å². The van der Waals surface area contributed by atoms with E-state index in [1.165, 1.54) is 4.57 Å². The third kappa shape index (κ3) is 2.32. The Balaban J connectivity index is 2.51. The molecule has 2 rings (SSSR count). The molecule has 1 heterocycles. The number of hydrogen-bond donors (Lipinski definition) is 1. The van der Waals surface area contributed by atoms with Crippen molar-refractivity contribution in [3.8, 4) is 5.75 Å². The molecule has 0 unspecified atom stereocenters. The number of aryl methyl sites for hydroxylation is 1. The highest BCUT2D eigenvalue weighted by Crippen LogP contribution is 2.24. The number of aromatic nitrogens is 1. The lowest BCUT2D eigenvalue weighted by Crippen LogP contribution is -2.27. The van der Waals surface area contributed by atoms with E-state index < -0.39 is 11.7 Å². The number of phenolic OH excluding ortho intramolecular Hbond substituents is 1. The van der Waals surface area contributed by atoms with Crippen LogP contribution in [-0.4, -0.2) is 21.4 Å². The Morgan fingerprint density at radius 1 is 1.28 bits per heavy atom. The van der Waals surface area contributed by atoms with Crippen molar-refractivity contribution >= 4 is 17.0 Å². The van der Waals surface area contributed by atoms with Crippen LogP contribution in [0.4, 0.5) is 4.79 Å². The van der Waals surface area contributed by atoms with Gasteiger partial charge in [-0.2, -0.15) is 0 Å². The number of benzene rings is 1. The lowest BCUT2D eigenvalue weighted by Gasteiger charge is -2.20. The minimum Gasteiger partial charge on any atom is -0.508 e. The number of carbonyl (C=O) groups is 1. The molecule has 4 nitrogen and oxygen atoms in total. The van der Waals surface area contributed by atoms with Crippen LogP contribution in [0.5, 0.6) is 5.75 Å². The number of fused-ring (bicyclic) bond motifs is 1. The molecule has 1 aromatic carbocycles. The zero-order valence-corrected chi connectivity index (χ0v) is 11.0. The second-order valence-corrected chi connectivity index (χ2v) is 5.34. The topological polar surface area (TPSA) is 51.5 Å². The Labute approximate surface area is 106 Å². The van der Waals surface area contributed by atoms with Crippen molar-refractivity contribution in [1.29, 1.82) is 0 Å². The Hall–Kier alpha value is -1.97. The number of phenols is 1. The lowest BCUT2D eigenvalue weighted by molar-refractivity contribution is 0.0541. The van der Waals surface area contributed by atoms with E-state index in [2.05, 4.69) is 0 Å². The van der Waals surface area contributed by atoms with E-state index in [9.17, 15) is 9.90 Å². The summed E-state index contributed by atoms with van der Waals surface area (Å²) in [6.07, 6.45) is -0.402. The average molecular weight is 247 g/mol. The fourth-order valence-electron chi connectivity index (χ4n) is 1.89. The zero-order chi connectivity index (χ0) is 13.5. The third-order valence-electron chi connectivity index (χ3n) is 2.55. The number of hydrogen-bond acceptors (Lipinski definition) is 3. The van der Waals surface area contributed by atoms with Crippen LogP contribution >= 0.6 is 0 Å². The number of rotatable bonds is 0. The van der Waals surface area contributed by atoms with Gasteiger partial charge in [-0.1, -0.05) is 0 Å². The summed E-state index contributed by atoms with van der Waals surface area (Å²) in [5.41, 5.74) is 0.987. The van der Waals surface area contributed by atoms with Crippen molar-refractivity contribution in [2.45, 2.75) is 33.3 Å². The quantitative estimate of drug-likeness (QED) is 0.775. The van der Waals surface area contributed by atoms with Crippen LogP contribution in [-0.2, 0) is 4.74 Å². The summed E-state index contributed by atoms with van der Waals surface area (Å²) in [7, 11) is 0. The number of ether oxygens (including phenoxy) is 1. The molecule has 2 aromatic rings. The maximum Gasteiger partial charge on any atom is 0.419 e. The predicted molar refractivity (Wildman–Crippen MR) is 70.0 cm³/mol. The molecular weight excluding hydrogens is 230 g/mol. The van der Waals surface area contributed by atoms with Gasteiger partial charge in [0.25, 0.3) is 0 Å². The maximum absolute atomic E-state index is 12.1. The van der Waals surface area contributed by atoms with E-state index in [1.807, 2.05) is 33.8 Å². The van der Waals surface area contributed by atoms with Crippen molar-refractivity contribution in [3.05, 3.63) is 30.0 Å². The van der Waals surface area contributed by atoms with E-state index in [-0.39, 0.29) is 5.75 Å². The average Bonchev–Trinajstić information content (AvgIpc) is 2.50. The molecule has 0 spiro atoms. The zero-order valence-electron chi connectivity index (χ0n) is 11.0. The molecule has 18 heavy (non-hydrogen) atoms. The second-order valence-electron chi connectivity index (χ2n) is 5.34. The van der Waals surface area contributed by atoms with Crippen LogP contribution in [0.1, 0.15) is 26.5 Å². The molecule has 1 N–H and O–H groups in total. The van der Waals surface area contributed by atoms with Crippen molar-refractivity contribution in [2.75, 3.05) is 0 Å². The highest BCUT2D eigenvalue weighted by Gasteiger charge is 2.20. The molecule has 0 aliphatic carbocycles. The molecule has 0 bridgehead atoms. The number of carbonyl (C=O) groups excluding carboxylic acids is 1. The van der Waals surface area contributed by atoms with E-state index >= 15 is 0 Å². The normalized spacial score (nSPS) is 11.8. The molecule has 0 saturated carbocycles. The monoisotopic (exact) mass is 247 g/mol. The SMILES string of the molecule is Cc1cc2cc(O)ccc2n1C(=O)OC(C)(C)C. The number of nitrogens with zero attached hydrogens (tertiary/aromatic N) is 1. The van der Waals surface area contributed by atoms with Crippen LogP contribution in [0.3, 0.4) is 0 Å². The van der Waals surface area contributed by atoms with E-state index in [4.69, 9.17) is 4.74 Å². The van der Waals surface area contributed by atoms with Gasteiger partial charge < -0.3 is 9.84 Å². The third-order valence-corrected chi connectivity index (χ3v) is 2.55. The Morgan fingerprint density at radius 3 is 2.56 bits per heavy atom. The fraction of sp³-hybridized carbons (Fsp3) is 0.357. The Kier molecular flexibility index (Phi) is 2.81. The molecule has 0 amide bonds. The largest absolute Gasteiger partial charge is 0.508 e. The van der Waals surface area contributed by atoms with E-state index in [0.717, 1.165) is 16.6 Å². The maximum atomic E-state index is 12.1. The summed E-state index contributed by atoms with van der Waals surface area (Å²) in [5.74, 6) is 0.184. The first-order chi connectivity index (χ1) is 8.28. The molecule has 0 aliphatic rings. The van der Waals surface area contributed by atoms with Crippen molar-refractivity contribution < 1.29 is 14.6 Å². The standard InChI is InChI=1S/C14H17NO3/c1-9-7-10-8-11(16)5-6-12(10)15(9)13(17)18-14(2,3)4/h5-8,16H,1-4H3. The highest BCUT2D eigenvalue weighted by molar-refractivity contribution is 5.91. The molecule has 0 aliphatic heterocycles. The molecule has 1 aromatic heterocycles. The molecule has 0 radical (unpaired) electrons. The minimum atomic E-state index is -0.531. The van der Waals surface area contributed by atoms with Gasteiger partial charge in [0.15, 0.2) is 0 Å². The smallest absolute Gasteiger partial charge is 0.419 e. The Morgan fingerprint density at radius 2 is 1.94 bits per heavy atom. The van der Waals surface area contributed by atoms with Crippen LogP contribution in [0, 0.1) is 6.92 Å². The van der Waals surface area contributed by atoms with Gasteiger partial charge in [-0.3, -0.25) is 0 Å². The first-order valence-corrected chi connectivity index (χ1v) is 5.82. The second kappa shape index (κ2) is 4.05. The van der Waals surface area contributed by atoms with Crippen molar-refractivity contribution in [1.82, 2.24) is 4.57 Å². The summed E-state index contributed by atoms with van der Waals surface area (Å²) in [6.45, 7) is 7.33. The lowest BCUT2D eigenvalue weighted by atomic mass is 10.2. The van der Waals surface area contributed by atoms with Gasteiger partial charge in [-0.25, -0.2) is 9.36 Å². The van der Waals surface area contributed by atoms with Crippen LogP contribution in [0.2, 0.25) is 0 Å². The Bertz CT molecular complexity index is 605. The van der Waals surface area contributed by atoms with Crippen LogP contribution in [0.15, 0.2) is 24.3 Å². The number of aromatic hydroxyl groups is 1. The van der Waals surface area contributed by atoms with Gasteiger partial charge in [-0.15, -0.1) is 0 Å². The van der Waals surface area contributed by atoms with Gasteiger partial charge in [0, 0.05) is 11.1 Å². The summed E-state index contributed by atoms with van der Waals surface area (Å²) >= 11 is 0. The van der Waals surface area contributed by atoms with E-state index in [1.54, 1.807) is 18.2 Å². The molecule has 0 saturated heterocycles. The summed E-state index contributed by atoms with van der Waals surface area (Å²) < 4.78 is 6.88. The van der Waals surface area contributed by atoms with Gasteiger partial charge >= 0.3 is 6.09 Å². The van der Waals surface area contributed by atoms with Crippen LogP contribution in [0.25, 0.3) is 10.9 Å². The summed E-state index contributed by atoms with van der Waals surface area (Å²) in [4.78, 5) is 12.1. The highest BCUT2D eigenvalue weighted by atomic mass is 16.6. The van der Waals surface area contributed by atoms with Gasteiger partial charge in [0.1, 0.15) is 11.4 Å². The summed E-state index contributed by atoms with van der Waals surface area (Å²) in [5, 5.41) is 10.2. The van der Waals surface area contributed by atoms with Crippen molar-refractivity contribution in [3.63, 3.8) is 0 Å². The first-order valence-electron chi connectivity index (χ1n) is 5.82. The molecular formula is C14H17NO3. The predicted octanol–water partition coefficient (Wildman–Crippen LogP) is 3.44. The summed E-state index contributed by atoms with van der Waals surface area (Å²) in [6, 6.07) is 6.74.